The van der Waals surface area contributed by atoms with Gasteiger partial charge in [-0.2, -0.15) is 0 Å². The summed E-state index contributed by atoms with van der Waals surface area (Å²) in [7, 11) is 0. The van der Waals surface area contributed by atoms with Gasteiger partial charge in [-0.05, 0) is 24.5 Å². The lowest BCUT2D eigenvalue weighted by Crippen LogP contribution is -2.52. The molecule has 4 atom stereocenters. The Morgan fingerprint density at radius 2 is 1.97 bits per heavy atom. The first-order chi connectivity index (χ1) is 17.8. The van der Waals surface area contributed by atoms with Crippen LogP contribution in [-0.4, -0.2) is 91.2 Å². The van der Waals surface area contributed by atoms with Crippen molar-refractivity contribution in [2.24, 2.45) is 5.92 Å². The van der Waals surface area contributed by atoms with Gasteiger partial charge in [0, 0.05) is 42.7 Å². The number of nitrogens with one attached hydrogen (secondary N) is 2. The number of benzene rings is 1. The number of ketones is 1. The molecule has 0 spiro atoms. The largest absolute Gasteiger partial charge is 0.365 e. The Morgan fingerprint density at radius 3 is 2.68 bits per heavy atom. The standard InChI is InChI=1S/C26H32FN5O4S/c1-15(2)11-19(25(35)32-12-18(27)23-22(32)21(33)13-36-23)29-24(34)17-5-3-16(4-6-17)20-14-37-26(30-20)31-9-7-28-8-10-31/h3-6,14-15,18-19,22-23,28H,7-13H2,1-2H3,(H,29,34)/t18-,19?,22?,23+/m0/s1. The van der Waals surface area contributed by atoms with Crippen LogP contribution in [0.1, 0.15) is 30.6 Å². The third-order valence-corrected chi connectivity index (χ3v) is 7.94. The van der Waals surface area contributed by atoms with Crippen molar-refractivity contribution < 1.29 is 23.5 Å². The molecule has 5 rings (SSSR count). The van der Waals surface area contributed by atoms with Crippen molar-refractivity contribution in [3.05, 3.63) is 35.2 Å². The molecular formula is C26H32FN5O4S. The van der Waals surface area contributed by atoms with Gasteiger partial charge in [0.1, 0.15) is 31.0 Å². The van der Waals surface area contributed by atoms with Gasteiger partial charge < -0.3 is 25.2 Å². The molecule has 0 radical (unpaired) electrons. The number of ether oxygens (including phenoxy) is 1. The molecular weight excluding hydrogens is 497 g/mol. The van der Waals surface area contributed by atoms with E-state index in [0.29, 0.717) is 12.0 Å². The van der Waals surface area contributed by atoms with Crippen LogP contribution >= 0.6 is 11.3 Å². The minimum Gasteiger partial charge on any atom is -0.365 e. The van der Waals surface area contributed by atoms with Gasteiger partial charge in [0.05, 0.1) is 12.2 Å². The van der Waals surface area contributed by atoms with Crippen LogP contribution in [-0.2, 0) is 14.3 Å². The lowest BCUT2D eigenvalue weighted by atomic mass is 10.0. The van der Waals surface area contributed by atoms with Gasteiger partial charge >= 0.3 is 0 Å². The molecule has 2 aromatic rings. The second-order valence-corrected chi connectivity index (χ2v) is 11.0. The molecule has 0 aliphatic carbocycles. The third kappa shape index (κ3) is 5.39. The molecule has 0 bridgehead atoms. The number of rotatable bonds is 7. The van der Waals surface area contributed by atoms with E-state index in [4.69, 9.17) is 9.72 Å². The summed E-state index contributed by atoms with van der Waals surface area (Å²) in [6, 6.07) is 5.33. The Kier molecular flexibility index (Phi) is 7.55. The summed E-state index contributed by atoms with van der Waals surface area (Å²) < 4.78 is 19.7. The van der Waals surface area contributed by atoms with Crippen molar-refractivity contribution >= 4 is 34.1 Å². The maximum Gasteiger partial charge on any atom is 0.251 e. The van der Waals surface area contributed by atoms with Crippen molar-refractivity contribution in [2.75, 3.05) is 44.2 Å². The lowest BCUT2D eigenvalue weighted by Gasteiger charge is -2.28. The Morgan fingerprint density at radius 1 is 1.24 bits per heavy atom. The van der Waals surface area contributed by atoms with E-state index in [2.05, 4.69) is 15.5 Å². The van der Waals surface area contributed by atoms with Gasteiger partial charge in [0.25, 0.3) is 5.91 Å². The minimum absolute atomic E-state index is 0.0984. The number of carbonyl (C=O) groups excluding carboxylic acids is 3. The van der Waals surface area contributed by atoms with Gasteiger partial charge in [-0.15, -0.1) is 11.3 Å². The molecule has 4 heterocycles. The van der Waals surface area contributed by atoms with Crippen LogP contribution in [0, 0.1) is 5.92 Å². The van der Waals surface area contributed by atoms with Crippen molar-refractivity contribution in [1.82, 2.24) is 20.5 Å². The molecule has 198 valence electrons. The van der Waals surface area contributed by atoms with Gasteiger partial charge in [-0.25, -0.2) is 9.37 Å². The van der Waals surface area contributed by atoms with E-state index in [0.717, 1.165) is 42.6 Å². The molecule has 3 saturated heterocycles. The second-order valence-electron chi connectivity index (χ2n) is 10.2. The van der Waals surface area contributed by atoms with Crippen LogP contribution in [0.25, 0.3) is 11.3 Å². The summed E-state index contributed by atoms with van der Waals surface area (Å²) in [4.78, 5) is 47.0. The van der Waals surface area contributed by atoms with E-state index in [1.54, 1.807) is 23.5 Å². The van der Waals surface area contributed by atoms with E-state index in [-0.39, 0.29) is 24.9 Å². The minimum atomic E-state index is -1.42. The highest BCUT2D eigenvalue weighted by Crippen LogP contribution is 2.31. The number of thiazole rings is 1. The molecule has 2 N–H and O–H groups in total. The zero-order valence-electron chi connectivity index (χ0n) is 21.0. The van der Waals surface area contributed by atoms with E-state index in [9.17, 15) is 18.8 Å². The number of nitrogens with zero attached hydrogens (tertiary/aromatic N) is 3. The van der Waals surface area contributed by atoms with Gasteiger partial charge in [-0.3, -0.25) is 14.4 Å². The zero-order chi connectivity index (χ0) is 26.1. The van der Waals surface area contributed by atoms with Crippen LogP contribution < -0.4 is 15.5 Å². The molecule has 11 heteroatoms. The number of likely N-dealkylation sites (tertiary alicyclic amines) is 1. The van der Waals surface area contributed by atoms with E-state index in [1.807, 2.05) is 31.4 Å². The Bertz CT molecular complexity index is 1150. The molecule has 9 nitrogen and oxygen atoms in total. The first-order valence-electron chi connectivity index (χ1n) is 12.7. The van der Waals surface area contributed by atoms with Gasteiger partial charge in [0.15, 0.2) is 10.9 Å². The molecule has 3 fully saturated rings. The summed E-state index contributed by atoms with van der Waals surface area (Å²) in [6.45, 7) is 7.22. The molecule has 1 aromatic heterocycles. The molecule has 3 aliphatic heterocycles. The van der Waals surface area contributed by atoms with Crippen molar-refractivity contribution in [2.45, 2.75) is 44.6 Å². The summed E-state index contributed by atoms with van der Waals surface area (Å²) in [6.07, 6.45) is -1.96. The fourth-order valence-corrected chi connectivity index (χ4v) is 6.04. The van der Waals surface area contributed by atoms with Crippen LogP contribution in [0.5, 0.6) is 0 Å². The number of carbonyl (C=O) groups is 3. The fraction of sp³-hybridized carbons (Fsp3) is 0.538. The Balaban J connectivity index is 1.27. The number of piperazine rings is 1. The van der Waals surface area contributed by atoms with Crippen LogP contribution in [0.15, 0.2) is 29.6 Å². The number of halogens is 1. The summed E-state index contributed by atoms with van der Waals surface area (Å²) in [5.74, 6) is -1.05. The number of hydrogen-bond donors (Lipinski definition) is 2. The first-order valence-corrected chi connectivity index (χ1v) is 13.6. The average molecular weight is 530 g/mol. The maximum atomic E-state index is 14.4. The van der Waals surface area contributed by atoms with Crippen molar-refractivity contribution in [1.29, 1.82) is 0 Å². The number of fused-ring (bicyclic) bond motifs is 1. The number of amides is 2. The summed E-state index contributed by atoms with van der Waals surface area (Å²) in [5.41, 5.74) is 2.16. The Labute approximate surface area is 219 Å². The Hall–Kier alpha value is -2.89. The van der Waals surface area contributed by atoms with Crippen molar-refractivity contribution in [3.8, 4) is 11.3 Å². The summed E-state index contributed by atoms with van der Waals surface area (Å²) in [5, 5.41) is 9.16. The van der Waals surface area contributed by atoms with Gasteiger partial charge in [-0.1, -0.05) is 26.0 Å². The quantitative estimate of drug-likeness (QED) is 0.565. The number of alkyl halides is 1. The number of Topliss-reactive ketones (excluding diaryl/α,β-unsaturated/α-hetero) is 1. The van der Waals surface area contributed by atoms with Crippen LogP contribution in [0.4, 0.5) is 9.52 Å². The molecule has 2 unspecified atom stereocenters. The highest BCUT2D eigenvalue weighted by molar-refractivity contribution is 7.14. The van der Waals surface area contributed by atoms with Crippen LogP contribution in [0.2, 0.25) is 0 Å². The number of anilines is 1. The average Bonchev–Trinajstić information content (AvgIpc) is 3.62. The van der Waals surface area contributed by atoms with E-state index >= 15 is 0 Å². The number of aromatic nitrogens is 1. The second kappa shape index (κ2) is 10.8. The predicted molar refractivity (Wildman–Crippen MR) is 138 cm³/mol. The molecule has 37 heavy (non-hydrogen) atoms. The predicted octanol–water partition coefficient (Wildman–Crippen LogP) is 1.88. The SMILES string of the molecule is CC(C)CC(NC(=O)c1ccc(-c2csc(N3CCNCC3)n2)cc1)C(=O)N1C[C@H](F)[C@H]2OCC(=O)C21. The smallest absolute Gasteiger partial charge is 0.251 e. The highest BCUT2D eigenvalue weighted by atomic mass is 32.1. The van der Waals surface area contributed by atoms with Crippen molar-refractivity contribution in [3.63, 3.8) is 0 Å². The monoisotopic (exact) mass is 529 g/mol. The third-order valence-electron chi connectivity index (χ3n) is 7.04. The zero-order valence-corrected chi connectivity index (χ0v) is 21.8. The molecule has 0 saturated carbocycles. The molecule has 3 aliphatic rings. The highest BCUT2D eigenvalue weighted by Gasteiger charge is 2.53. The first kappa shape index (κ1) is 25.7. The topological polar surface area (TPSA) is 104 Å². The van der Waals surface area contributed by atoms with E-state index in [1.165, 1.54) is 4.90 Å². The van der Waals surface area contributed by atoms with E-state index < -0.39 is 36.2 Å². The number of hydrogen-bond acceptors (Lipinski definition) is 8. The van der Waals surface area contributed by atoms with Crippen LogP contribution in [0.3, 0.4) is 0 Å². The summed E-state index contributed by atoms with van der Waals surface area (Å²) >= 11 is 1.60. The fourth-order valence-electron chi connectivity index (χ4n) is 5.15. The maximum absolute atomic E-state index is 14.4. The lowest BCUT2D eigenvalue weighted by molar-refractivity contribution is -0.138. The molecule has 1 aromatic carbocycles. The van der Waals surface area contributed by atoms with Gasteiger partial charge in [0.2, 0.25) is 5.91 Å². The molecule has 2 amide bonds. The normalized spacial score (nSPS) is 24.4.